The minimum absolute atomic E-state index is 0.129. The number of anilines is 2. The summed E-state index contributed by atoms with van der Waals surface area (Å²) in [5, 5.41) is 6.91. The molecule has 5 heteroatoms. The number of aromatic nitrogens is 2. The predicted molar refractivity (Wildman–Crippen MR) is 86.8 cm³/mol. The fourth-order valence-corrected chi connectivity index (χ4v) is 2.97. The Kier molecular flexibility index (Phi) is 5.04. The smallest absolute Gasteiger partial charge is 0.134 e. The average molecular weight is 292 g/mol. The molecular weight excluding hydrogens is 264 g/mol. The highest BCUT2D eigenvalue weighted by Crippen LogP contribution is 2.44. The summed E-state index contributed by atoms with van der Waals surface area (Å²) in [6.45, 7) is 12.4. The van der Waals surface area contributed by atoms with Crippen LogP contribution in [0, 0.1) is 5.41 Å². The van der Waals surface area contributed by atoms with Gasteiger partial charge >= 0.3 is 0 Å². The molecule has 0 amide bonds. The van der Waals surface area contributed by atoms with Gasteiger partial charge in [-0.15, -0.1) is 0 Å². The SMILES string of the molecule is CCNc1ncnc(NC2CC(OCC)C2(C)C)c1CC. The summed E-state index contributed by atoms with van der Waals surface area (Å²) >= 11 is 0. The van der Waals surface area contributed by atoms with E-state index in [4.69, 9.17) is 4.74 Å². The Balaban J connectivity index is 2.12. The Morgan fingerprint density at radius 2 is 1.95 bits per heavy atom. The van der Waals surface area contributed by atoms with Crippen LogP contribution in [0.15, 0.2) is 6.33 Å². The van der Waals surface area contributed by atoms with E-state index in [-0.39, 0.29) is 5.41 Å². The van der Waals surface area contributed by atoms with Gasteiger partial charge in [-0.05, 0) is 26.7 Å². The Bertz CT molecular complexity index is 475. The van der Waals surface area contributed by atoms with Crippen molar-refractivity contribution >= 4 is 11.6 Å². The second kappa shape index (κ2) is 6.60. The fraction of sp³-hybridized carbons (Fsp3) is 0.750. The molecule has 1 saturated carbocycles. The van der Waals surface area contributed by atoms with Crippen LogP contribution < -0.4 is 10.6 Å². The number of rotatable bonds is 7. The molecule has 2 rings (SSSR count). The first-order chi connectivity index (χ1) is 10.0. The van der Waals surface area contributed by atoms with Gasteiger partial charge < -0.3 is 15.4 Å². The van der Waals surface area contributed by atoms with Crippen molar-refractivity contribution in [1.82, 2.24) is 9.97 Å². The number of hydrogen-bond donors (Lipinski definition) is 2. The van der Waals surface area contributed by atoms with E-state index in [1.165, 1.54) is 0 Å². The van der Waals surface area contributed by atoms with Gasteiger partial charge in [-0.25, -0.2) is 9.97 Å². The molecule has 0 aromatic carbocycles. The Morgan fingerprint density at radius 3 is 2.52 bits per heavy atom. The predicted octanol–water partition coefficient (Wildman–Crippen LogP) is 3.09. The molecule has 1 aliphatic carbocycles. The molecule has 2 unspecified atom stereocenters. The lowest BCUT2D eigenvalue weighted by Gasteiger charge is -2.52. The molecule has 0 saturated heterocycles. The molecule has 1 aromatic heterocycles. The second-order valence-electron chi connectivity index (χ2n) is 6.13. The molecule has 1 fully saturated rings. The Morgan fingerprint density at radius 1 is 1.24 bits per heavy atom. The lowest BCUT2D eigenvalue weighted by Crippen LogP contribution is -2.58. The van der Waals surface area contributed by atoms with Gasteiger partial charge in [0, 0.05) is 30.2 Å². The molecule has 1 heterocycles. The normalized spacial score (nSPS) is 23.5. The molecular formula is C16H28N4O. The van der Waals surface area contributed by atoms with Crippen molar-refractivity contribution in [1.29, 1.82) is 0 Å². The molecule has 0 aliphatic heterocycles. The van der Waals surface area contributed by atoms with Crippen molar-refractivity contribution in [3.05, 3.63) is 11.9 Å². The zero-order valence-electron chi connectivity index (χ0n) is 13.9. The van der Waals surface area contributed by atoms with Gasteiger partial charge in [0.2, 0.25) is 0 Å². The van der Waals surface area contributed by atoms with Gasteiger partial charge in [0.05, 0.1) is 6.10 Å². The summed E-state index contributed by atoms with van der Waals surface area (Å²) < 4.78 is 5.79. The Hall–Kier alpha value is -1.36. The van der Waals surface area contributed by atoms with Crippen molar-refractivity contribution in [2.75, 3.05) is 23.8 Å². The van der Waals surface area contributed by atoms with Crippen LogP contribution >= 0.6 is 0 Å². The van der Waals surface area contributed by atoms with Gasteiger partial charge in [-0.1, -0.05) is 20.8 Å². The quantitative estimate of drug-likeness (QED) is 0.808. The van der Waals surface area contributed by atoms with Gasteiger partial charge in [-0.3, -0.25) is 0 Å². The van der Waals surface area contributed by atoms with E-state index >= 15 is 0 Å². The van der Waals surface area contributed by atoms with E-state index in [1.807, 2.05) is 0 Å². The number of ether oxygens (including phenoxy) is 1. The third-order valence-electron chi connectivity index (χ3n) is 4.50. The van der Waals surface area contributed by atoms with Crippen LogP contribution in [0.4, 0.5) is 11.6 Å². The van der Waals surface area contributed by atoms with Crippen LogP contribution in [0.1, 0.15) is 46.6 Å². The van der Waals surface area contributed by atoms with Gasteiger partial charge in [-0.2, -0.15) is 0 Å². The van der Waals surface area contributed by atoms with Crippen LogP contribution in [-0.2, 0) is 11.2 Å². The highest BCUT2D eigenvalue weighted by atomic mass is 16.5. The summed E-state index contributed by atoms with van der Waals surface area (Å²) in [5.41, 5.74) is 1.29. The molecule has 1 aliphatic rings. The maximum absolute atomic E-state index is 5.79. The highest BCUT2D eigenvalue weighted by molar-refractivity contribution is 5.58. The average Bonchev–Trinajstić information content (AvgIpc) is 2.47. The van der Waals surface area contributed by atoms with Crippen molar-refractivity contribution in [2.24, 2.45) is 5.41 Å². The third kappa shape index (κ3) is 3.12. The van der Waals surface area contributed by atoms with Crippen LogP contribution in [-0.4, -0.2) is 35.3 Å². The summed E-state index contributed by atoms with van der Waals surface area (Å²) in [4.78, 5) is 8.79. The van der Waals surface area contributed by atoms with E-state index in [9.17, 15) is 0 Å². The molecule has 5 nitrogen and oxygen atoms in total. The summed E-state index contributed by atoms with van der Waals surface area (Å²) in [6, 6.07) is 0.392. The summed E-state index contributed by atoms with van der Waals surface area (Å²) in [5.74, 6) is 1.90. The van der Waals surface area contributed by atoms with E-state index in [1.54, 1.807) is 6.33 Å². The maximum atomic E-state index is 5.79. The summed E-state index contributed by atoms with van der Waals surface area (Å²) in [6.07, 6.45) is 3.91. The van der Waals surface area contributed by atoms with E-state index < -0.39 is 0 Å². The van der Waals surface area contributed by atoms with Gasteiger partial charge in [0.15, 0.2) is 0 Å². The number of nitrogens with zero attached hydrogens (tertiary/aromatic N) is 2. The topological polar surface area (TPSA) is 59.1 Å². The van der Waals surface area contributed by atoms with Gasteiger partial charge in [0.1, 0.15) is 18.0 Å². The molecule has 2 N–H and O–H groups in total. The minimum atomic E-state index is 0.129. The van der Waals surface area contributed by atoms with E-state index in [0.717, 1.165) is 43.2 Å². The number of nitrogens with one attached hydrogen (secondary N) is 2. The van der Waals surface area contributed by atoms with Crippen LogP contribution in [0.25, 0.3) is 0 Å². The van der Waals surface area contributed by atoms with Crippen molar-refractivity contribution in [3.8, 4) is 0 Å². The van der Waals surface area contributed by atoms with Crippen molar-refractivity contribution in [2.45, 2.75) is 59.6 Å². The third-order valence-corrected chi connectivity index (χ3v) is 4.50. The maximum Gasteiger partial charge on any atom is 0.134 e. The molecule has 0 spiro atoms. The fourth-order valence-electron chi connectivity index (χ4n) is 2.97. The minimum Gasteiger partial charge on any atom is -0.378 e. The first-order valence-corrected chi connectivity index (χ1v) is 8.00. The van der Waals surface area contributed by atoms with E-state index in [0.29, 0.717) is 12.1 Å². The Labute approximate surface area is 127 Å². The first kappa shape index (κ1) is 16.0. The van der Waals surface area contributed by atoms with Crippen molar-refractivity contribution < 1.29 is 4.74 Å². The standard InChI is InChI=1S/C16H28N4O/c1-6-11-14(17-7-2)18-10-19-15(11)20-12-9-13(21-8-3)16(12,4)5/h10,12-13H,6-9H2,1-5H3,(H2,17,18,19,20). The molecule has 0 bridgehead atoms. The summed E-state index contributed by atoms with van der Waals surface area (Å²) in [7, 11) is 0. The van der Waals surface area contributed by atoms with Crippen molar-refractivity contribution in [3.63, 3.8) is 0 Å². The first-order valence-electron chi connectivity index (χ1n) is 8.00. The van der Waals surface area contributed by atoms with E-state index in [2.05, 4.69) is 55.2 Å². The van der Waals surface area contributed by atoms with Crippen LogP contribution in [0.5, 0.6) is 0 Å². The molecule has 0 radical (unpaired) electrons. The van der Waals surface area contributed by atoms with Gasteiger partial charge in [0.25, 0.3) is 0 Å². The van der Waals surface area contributed by atoms with Crippen LogP contribution in [0.2, 0.25) is 0 Å². The molecule has 2 atom stereocenters. The molecule has 118 valence electrons. The number of hydrogen-bond acceptors (Lipinski definition) is 5. The molecule has 21 heavy (non-hydrogen) atoms. The highest BCUT2D eigenvalue weighted by Gasteiger charge is 2.49. The van der Waals surface area contributed by atoms with Crippen LogP contribution in [0.3, 0.4) is 0 Å². The molecule has 1 aromatic rings. The monoisotopic (exact) mass is 292 g/mol. The zero-order chi connectivity index (χ0) is 15.5. The lowest BCUT2D eigenvalue weighted by molar-refractivity contribution is -0.0976. The largest absolute Gasteiger partial charge is 0.378 e. The lowest BCUT2D eigenvalue weighted by atomic mass is 9.64. The zero-order valence-corrected chi connectivity index (χ0v) is 13.9. The second-order valence-corrected chi connectivity index (χ2v) is 6.13.